The van der Waals surface area contributed by atoms with Gasteiger partial charge in [0.05, 0.1) is 6.54 Å². The van der Waals surface area contributed by atoms with E-state index in [1.54, 1.807) is 0 Å². The molecule has 0 bridgehead atoms. The van der Waals surface area contributed by atoms with Gasteiger partial charge < -0.3 is 20.1 Å². The summed E-state index contributed by atoms with van der Waals surface area (Å²) in [5, 5.41) is 11.5. The van der Waals surface area contributed by atoms with Gasteiger partial charge in [-0.15, -0.1) is 0 Å². The Morgan fingerprint density at radius 3 is 2.84 bits per heavy atom. The van der Waals surface area contributed by atoms with E-state index >= 15 is 0 Å². The normalized spacial score (nSPS) is 27.5. The summed E-state index contributed by atoms with van der Waals surface area (Å²) in [5.41, 5.74) is 0. The van der Waals surface area contributed by atoms with Crippen molar-refractivity contribution in [2.45, 2.75) is 31.8 Å². The Morgan fingerprint density at radius 2 is 2.16 bits per heavy atom. The number of carbonyl (C=O) groups excluding carboxylic acids is 1. The van der Waals surface area contributed by atoms with Crippen LogP contribution in [0.2, 0.25) is 0 Å². The lowest BCUT2D eigenvalue weighted by Crippen LogP contribution is -2.47. The van der Waals surface area contributed by atoms with Gasteiger partial charge in [0.1, 0.15) is 6.10 Å². The van der Waals surface area contributed by atoms with Crippen LogP contribution in [-0.4, -0.2) is 60.8 Å². The first-order valence-electron chi connectivity index (χ1n) is 6.99. The number of piperidine rings is 1. The Bertz CT molecular complexity index is 329. The van der Waals surface area contributed by atoms with Crippen molar-refractivity contribution in [2.24, 2.45) is 5.92 Å². The van der Waals surface area contributed by atoms with Crippen LogP contribution in [0.5, 0.6) is 0 Å². The summed E-state index contributed by atoms with van der Waals surface area (Å²) in [4.78, 5) is 24.5. The molecule has 19 heavy (non-hydrogen) atoms. The lowest BCUT2D eigenvalue weighted by atomic mass is 9.97. The van der Waals surface area contributed by atoms with Gasteiger partial charge in [0, 0.05) is 26.2 Å². The second-order valence-electron chi connectivity index (χ2n) is 5.32. The molecule has 2 heterocycles. The summed E-state index contributed by atoms with van der Waals surface area (Å²) in [7, 11) is 0. The predicted octanol–water partition coefficient (Wildman–Crippen LogP) is 0.0782. The Balaban J connectivity index is 1.76. The molecule has 0 saturated carbocycles. The molecule has 2 aliphatic heterocycles. The van der Waals surface area contributed by atoms with Gasteiger partial charge in [-0.3, -0.25) is 9.59 Å². The maximum Gasteiger partial charge on any atom is 0.317 e. The second kappa shape index (κ2) is 6.86. The zero-order chi connectivity index (χ0) is 13.7. The van der Waals surface area contributed by atoms with Crippen molar-refractivity contribution in [3.8, 4) is 0 Å². The molecule has 0 aromatic rings. The minimum Gasteiger partial charge on any atom is -0.480 e. The highest BCUT2D eigenvalue weighted by Crippen LogP contribution is 2.20. The third kappa shape index (κ3) is 4.18. The molecule has 0 aromatic carbocycles. The van der Waals surface area contributed by atoms with E-state index in [-0.39, 0.29) is 18.6 Å². The summed E-state index contributed by atoms with van der Waals surface area (Å²) < 4.78 is 5.43. The molecule has 2 aliphatic rings. The van der Waals surface area contributed by atoms with E-state index in [0.717, 1.165) is 32.2 Å². The van der Waals surface area contributed by atoms with Crippen molar-refractivity contribution >= 4 is 11.9 Å². The molecular formula is C13H22N2O4. The van der Waals surface area contributed by atoms with Crippen LogP contribution in [-0.2, 0) is 14.3 Å². The van der Waals surface area contributed by atoms with Gasteiger partial charge in [0.15, 0.2) is 0 Å². The smallest absolute Gasteiger partial charge is 0.317 e. The largest absolute Gasteiger partial charge is 0.480 e. The van der Waals surface area contributed by atoms with Crippen LogP contribution < -0.4 is 5.32 Å². The van der Waals surface area contributed by atoms with Gasteiger partial charge in [-0.2, -0.15) is 0 Å². The monoisotopic (exact) mass is 270 g/mol. The molecule has 6 heteroatoms. The van der Waals surface area contributed by atoms with Crippen LogP contribution in [0, 0.1) is 5.92 Å². The number of hydrogen-bond acceptors (Lipinski definition) is 4. The van der Waals surface area contributed by atoms with Crippen LogP contribution in [0.3, 0.4) is 0 Å². The van der Waals surface area contributed by atoms with E-state index < -0.39 is 5.97 Å². The van der Waals surface area contributed by atoms with Gasteiger partial charge >= 0.3 is 5.97 Å². The molecule has 1 amide bonds. The standard InChI is InChI=1S/C13H22N2O4/c16-12(17)8-14-7-10-3-1-5-15(9-10)13(18)11-4-2-6-19-11/h10-11,14H,1-9H2,(H,16,17)/t10?,11-/m0/s1. The topological polar surface area (TPSA) is 78.9 Å². The van der Waals surface area contributed by atoms with Crippen molar-refractivity contribution < 1.29 is 19.4 Å². The van der Waals surface area contributed by atoms with Crippen molar-refractivity contribution in [1.82, 2.24) is 10.2 Å². The molecule has 0 spiro atoms. The third-order valence-electron chi connectivity index (χ3n) is 3.75. The van der Waals surface area contributed by atoms with Crippen LogP contribution in [0.15, 0.2) is 0 Å². The summed E-state index contributed by atoms with van der Waals surface area (Å²) >= 11 is 0. The number of nitrogens with one attached hydrogen (secondary N) is 1. The minimum atomic E-state index is -0.844. The van der Waals surface area contributed by atoms with Gasteiger partial charge in [0.2, 0.25) is 0 Å². The minimum absolute atomic E-state index is 0.0177. The zero-order valence-corrected chi connectivity index (χ0v) is 11.1. The van der Waals surface area contributed by atoms with Gasteiger partial charge in [-0.1, -0.05) is 0 Å². The van der Waals surface area contributed by atoms with Crippen molar-refractivity contribution in [3.05, 3.63) is 0 Å². The van der Waals surface area contributed by atoms with Crippen molar-refractivity contribution in [1.29, 1.82) is 0 Å². The number of ether oxygens (including phenoxy) is 1. The van der Waals surface area contributed by atoms with E-state index in [9.17, 15) is 9.59 Å². The van der Waals surface area contributed by atoms with Crippen LogP contribution >= 0.6 is 0 Å². The van der Waals surface area contributed by atoms with Gasteiger partial charge in [0.25, 0.3) is 5.91 Å². The lowest BCUT2D eigenvalue weighted by Gasteiger charge is -2.34. The van der Waals surface area contributed by atoms with Crippen molar-refractivity contribution in [3.63, 3.8) is 0 Å². The quantitative estimate of drug-likeness (QED) is 0.739. The highest BCUT2D eigenvalue weighted by molar-refractivity contribution is 5.81. The van der Waals surface area contributed by atoms with Gasteiger partial charge in [-0.25, -0.2) is 0 Å². The number of hydrogen-bond donors (Lipinski definition) is 2. The highest BCUT2D eigenvalue weighted by Gasteiger charge is 2.31. The Labute approximate surface area is 113 Å². The molecule has 2 saturated heterocycles. The van der Waals surface area contributed by atoms with Crippen LogP contribution in [0.4, 0.5) is 0 Å². The fraction of sp³-hybridized carbons (Fsp3) is 0.846. The summed E-state index contributed by atoms with van der Waals surface area (Å²) in [5.74, 6) is -0.387. The molecule has 2 N–H and O–H groups in total. The number of likely N-dealkylation sites (tertiary alicyclic amines) is 1. The van der Waals surface area contributed by atoms with E-state index in [0.29, 0.717) is 25.6 Å². The molecule has 1 unspecified atom stereocenters. The molecule has 2 fully saturated rings. The highest BCUT2D eigenvalue weighted by atomic mass is 16.5. The van der Waals surface area contributed by atoms with E-state index in [1.165, 1.54) is 0 Å². The average molecular weight is 270 g/mol. The fourth-order valence-corrected chi connectivity index (χ4v) is 2.79. The number of aliphatic carboxylic acids is 1. The zero-order valence-electron chi connectivity index (χ0n) is 11.1. The predicted molar refractivity (Wildman–Crippen MR) is 68.8 cm³/mol. The van der Waals surface area contributed by atoms with E-state index in [4.69, 9.17) is 9.84 Å². The third-order valence-corrected chi connectivity index (χ3v) is 3.75. The Morgan fingerprint density at radius 1 is 1.32 bits per heavy atom. The molecule has 0 radical (unpaired) electrons. The first-order valence-corrected chi connectivity index (χ1v) is 6.99. The average Bonchev–Trinajstić information content (AvgIpc) is 2.91. The summed E-state index contributed by atoms with van der Waals surface area (Å²) in [6, 6.07) is 0. The lowest BCUT2D eigenvalue weighted by molar-refractivity contribution is -0.143. The molecule has 0 aliphatic carbocycles. The molecule has 108 valence electrons. The summed E-state index contributed by atoms with van der Waals surface area (Å²) in [6.45, 7) is 2.84. The maximum absolute atomic E-state index is 12.2. The fourth-order valence-electron chi connectivity index (χ4n) is 2.79. The van der Waals surface area contributed by atoms with E-state index in [1.807, 2.05) is 4.90 Å². The summed E-state index contributed by atoms with van der Waals surface area (Å²) in [6.07, 6.45) is 3.58. The molecule has 2 atom stereocenters. The van der Waals surface area contributed by atoms with Crippen molar-refractivity contribution in [2.75, 3.05) is 32.8 Å². The SMILES string of the molecule is O=C(O)CNCC1CCCN(C(=O)[C@@H]2CCCO2)C1. The number of rotatable bonds is 5. The Kier molecular flexibility index (Phi) is 5.15. The number of carbonyl (C=O) groups is 2. The number of amides is 1. The van der Waals surface area contributed by atoms with E-state index in [2.05, 4.69) is 5.32 Å². The maximum atomic E-state index is 12.2. The first kappa shape index (κ1) is 14.3. The first-order chi connectivity index (χ1) is 9.16. The Hall–Kier alpha value is -1.14. The number of nitrogens with zero attached hydrogens (tertiary/aromatic N) is 1. The van der Waals surface area contributed by atoms with Crippen LogP contribution in [0.25, 0.3) is 0 Å². The second-order valence-corrected chi connectivity index (χ2v) is 5.32. The number of carboxylic acids is 1. The molecule has 0 aromatic heterocycles. The molecule has 6 nitrogen and oxygen atoms in total. The van der Waals surface area contributed by atoms with Gasteiger partial charge in [-0.05, 0) is 31.6 Å². The number of carboxylic acid groups (broad SMARTS) is 1. The van der Waals surface area contributed by atoms with Crippen LogP contribution in [0.1, 0.15) is 25.7 Å². The molecule has 2 rings (SSSR count). The molecular weight excluding hydrogens is 248 g/mol.